The van der Waals surface area contributed by atoms with Crippen LogP contribution in [0.25, 0.3) is 0 Å². The molecule has 0 saturated carbocycles. The van der Waals surface area contributed by atoms with Crippen LogP contribution in [0.2, 0.25) is 0 Å². The Morgan fingerprint density at radius 3 is 2.73 bits per heavy atom. The number of sulfonamides is 1. The quantitative estimate of drug-likeness (QED) is 0.751. The van der Waals surface area contributed by atoms with Gasteiger partial charge in [0.25, 0.3) is 0 Å². The summed E-state index contributed by atoms with van der Waals surface area (Å²) in [5.74, 6) is -0.100. The molecule has 3 N–H and O–H groups in total. The Morgan fingerprint density at radius 2 is 2.14 bits per heavy atom. The van der Waals surface area contributed by atoms with E-state index in [1.165, 1.54) is 13.1 Å². The topological polar surface area (TPSA) is 87.3 Å². The minimum Gasteiger partial charge on any atom is -0.326 e. The molecule has 0 aliphatic carbocycles. The number of carbonyl (C=O) groups excluding carboxylic acids is 1. The summed E-state index contributed by atoms with van der Waals surface area (Å²) in [6.45, 7) is 2.64. The standard InChI is InChI=1S/C14H21N3O3S.ClH/c1-10-12(6-3-7-13(10)21(19,20)15-2)17-14(18)9-11-5-4-8-16-11;/h3,6-7,11,15-16H,4-5,8-9H2,1-2H3,(H,17,18);1H. The maximum absolute atomic E-state index is 12.0. The molecule has 0 bridgehead atoms. The zero-order valence-corrected chi connectivity index (χ0v) is 14.3. The average Bonchev–Trinajstić information content (AvgIpc) is 2.93. The summed E-state index contributed by atoms with van der Waals surface area (Å²) in [5, 5.41) is 6.07. The smallest absolute Gasteiger partial charge is 0.240 e. The fourth-order valence-electron chi connectivity index (χ4n) is 2.51. The van der Waals surface area contributed by atoms with Crippen LogP contribution in [-0.2, 0) is 14.8 Å². The molecule has 124 valence electrons. The lowest BCUT2D eigenvalue weighted by molar-refractivity contribution is -0.116. The lowest BCUT2D eigenvalue weighted by atomic mass is 10.1. The number of halogens is 1. The number of amides is 1. The molecule has 6 nitrogen and oxygen atoms in total. The third kappa shape index (κ3) is 4.42. The van der Waals surface area contributed by atoms with Crippen LogP contribution in [0.3, 0.4) is 0 Å². The fraction of sp³-hybridized carbons (Fsp3) is 0.500. The summed E-state index contributed by atoms with van der Waals surface area (Å²) >= 11 is 0. The van der Waals surface area contributed by atoms with Crippen molar-refractivity contribution in [1.82, 2.24) is 10.0 Å². The Labute approximate surface area is 137 Å². The molecule has 1 unspecified atom stereocenters. The average molecular weight is 348 g/mol. The predicted octanol–water partition coefficient (Wildman–Crippen LogP) is 1.41. The molecule has 1 saturated heterocycles. The van der Waals surface area contributed by atoms with Crippen LogP contribution < -0.4 is 15.4 Å². The van der Waals surface area contributed by atoms with Gasteiger partial charge in [-0.05, 0) is 51.1 Å². The third-order valence-electron chi connectivity index (χ3n) is 3.71. The molecule has 1 atom stereocenters. The number of nitrogens with one attached hydrogen (secondary N) is 3. The highest BCUT2D eigenvalue weighted by Gasteiger charge is 2.20. The molecule has 0 spiro atoms. The minimum absolute atomic E-state index is 0. The SMILES string of the molecule is CNS(=O)(=O)c1cccc(NC(=O)CC2CCCN2)c1C.Cl. The van der Waals surface area contributed by atoms with Gasteiger partial charge in [0.2, 0.25) is 15.9 Å². The molecular formula is C14H22ClN3O3S. The number of hydrogen-bond acceptors (Lipinski definition) is 4. The molecule has 0 radical (unpaired) electrons. The largest absolute Gasteiger partial charge is 0.326 e. The van der Waals surface area contributed by atoms with Gasteiger partial charge in [-0.3, -0.25) is 4.79 Å². The van der Waals surface area contributed by atoms with Crippen molar-refractivity contribution in [3.05, 3.63) is 23.8 Å². The van der Waals surface area contributed by atoms with E-state index in [0.29, 0.717) is 17.7 Å². The summed E-state index contributed by atoms with van der Waals surface area (Å²) in [4.78, 5) is 12.2. The number of carbonyl (C=O) groups is 1. The van der Waals surface area contributed by atoms with Crippen molar-refractivity contribution in [2.75, 3.05) is 18.9 Å². The van der Waals surface area contributed by atoms with Crippen molar-refractivity contribution in [1.29, 1.82) is 0 Å². The van der Waals surface area contributed by atoms with Gasteiger partial charge in [-0.15, -0.1) is 12.4 Å². The monoisotopic (exact) mass is 347 g/mol. The number of rotatable bonds is 5. The highest BCUT2D eigenvalue weighted by atomic mass is 35.5. The van der Waals surface area contributed by atoms with E-state index in [4.69, 9.17) is 0 Å². The van der Waals surface area contributed by atoms with Crippen LogP contribution in [0, 0.1) is 6.92 Å². The Kier molecular flexibility index (Phi) is 6.80. The van der Waals surface area contributed by atoms with Crippen LogP contribution in [0.15, 0.2) is 23.1 Å². The van der Waals surface area contributed by atoms with Gasteiger partial charge in [0.05, 0.1) is 4.90 Å². The minimum atomic E-state index is -3.52. The van der Waals surface area contributed by atoms with E-state index in [1.807, 2.05) is 0 Å². The van der Waals surface area contributed by atoms with Gasteiger partial charge < -0.3 is 10.6 Å². The Hall–Kier alpha value is -1.15. The van der Waals surface area contributed by atoms with Crippen LogP contribution >= 0.6 is 12.4 Å². The van der Waals surface area contributed by atoms with Crippen molar-refractivity contribution < 1.29 is 13.2 Å². The lowest BCUT2D eigenvalue weighted by Crippen LogP contribution is -2.28. The van der Waals surface area contributed by atoms with E-state index in [9.17, 15) is 13.2 Å². The van der Waals surface area contributed by atoms with Crippen molar-refractivity contribution in [2.45, 2.75) is 37.1 Å². The van der Waals surface area contributed by atoms with Gasteiger partial charge in [-0.1, -0.05) is 6.07 Å². The van der Waals surface area contributed by atoms with Crippen LogP contribution in [0.5, 0.6) is 0 Å². The van der Waals surface area contributed by atoms with Crippen LogP contribution in [-0.4, -0.2) is 34.0 Å². The van der Waals surface area contributed by atoms with E-state index in [2.05, 4.69) is 15.4 Å². The highest BCUT2D eigenvalue weighted by Crippen LogP contribution is 2.23. The zero-order valence-electron chi connectivity index (χ0n) is 12.7. The first kappa shape index (κ1) is 18.9. The molecule has 1 aliphatic heterocycles. The molecule has 0 aromatic heterocycles. The predicted molar refractivity (Wildman–Crippen MR) is 88.9 cm³/mol. The van der Waals surface area contributed by atoms with E-state index >= 15 is 0 Å². The molecule has 1 aliphatic rings. The molecule has 1 heterocycles. The van der Waals surface area contributed by atoms with E-state index in [0.717, 1.165) is 19.4 Å². The third-order valence-corrected chi connectivity index (χ3v) is 5.27. The van der Waals surface area contributed by atoms with Crippen molar-refractivity contribution in [2.24, 2.45) is 0 Å². The number of anilines is 1. The van der Waals surface area contributed by atoms with Gasteiger partial charge in [-0.2, -0.15) is 0 Å². The van der Waals surface area contributed by atoms with E-state index < -0.39 is 10.0 Å². The van der Waals surface area contributed by atoms with Crippen molar-refractivity contribution >= 4 is 34.0 Å². The van der Waals surface area contributed by atoms with Gasteiger partial charge in [0, 0.05) is 18.2 Å². The second kappa shape index (κ2) is 7.92. The Morgan fingerprint density at radius 1 is 1.41 bits per heavy atom. The normalized spacial score (nSPS) is 17.8. The molecular weight excluding hydrogens is 326 g/mol. The van der Waals surface area contributed by atoms with Crippen molar-refractivity contribution in [3.8, 4) is 0 Å². The maximum atomic E-state index is 12.0. The zero-order chi connectivity index (χ0) is 15.5. The maximum Gasteiger partial charge on any atom is 0.240 e. The van der Waals surface area contributed by atoms with Gasteiger partial charge in [-0.25, -0.2) is 13.1 Å². The van der Waals surface area contributed by atoms with Gasteiger partial charge in [0.15, 0.2) is 0 Å². The Bertz CT molecular complexity index is 628. The molecule has 1 aromatic carbocycles. The molecule has 1 fully saturated rings. The first-order valence-corrected chi connectivity index (χ1v) is 8.49. The second-order valence-corrected chi connectivity index (χ2v) is 7.04. The summed E-state index contributed by atoms with van der Waals surface area (Å²) in [7, 11) is -2.16. The van der Waals surface area contributed by atoms with E-state index in [-0.39, 0.29) is 29.3 Å². The fourth-order valence-corrected chi connectivity index (χ4v) is 3.50. The highest BCUT2D eigenvalue weighted by molar-refractivity contribution is 7.89. The summed E-state index contributed by atoms with van der Waals surface area (Å²) in [6.07, 6.45) is 2.50. The van der Waals surface area contributed by atoms with Crippen molar-refractivity contribution in [3.63, 3.8) is 0 Å². The first-order valence-electron chi connectivity index (χ1n) is 7.00. The summed E-state index contributed by atoms with van der Waals surface area (Å²) in [6, 6.07) is 5.08. The molecule has 22 heavy (non-hydrogen) atoms. The molecule has 8 heteroatoms. The number of benzene rings is 1. The van der Waals surface area contributed by atoms with Gasteiger partial charge >= 0.3 is 0 Å². The Balaban J connectivity index is 0.00000242. The van der Waals surface area contributed by atoms with Gasteiger partial charge in [0.1, 0.15) is 0 Å². The first-order chi connectivity index (χ1) is 9.94. The number of hydrogen-bond donors (Lipinski definition) is 3. The molecule has 1 aromatic rings. The van der Waals surface area contributed by atoms with Crippen LogP contribution in [0.4, 0.5) is 5.69 Å². The second-order valence-electron chi connectivity index (χ2n) is 5.18. The molecule has 1 amide bonds. The summed E-state index contributed by atoms with van der Waals surface area (Å²) in [5.41, 5.74) is 1.08. The molecule has 2 rings (SSSR count). The lowest BCUT2D eigenvalue weighted by Gasteiger charge is -2.14. The van der Waals surface area contributed by atoms with E-state index in [1.54, 1.807) is 19.1 Å². The summed E-state index contributed by atoms with van der Waals surface area (Å²) < 4.78 is 26.1. The van der Waals surface area contributed by atoms with Crippen LogP contribution in [0.1, 0.15) is 24.8 Å².